The molecule has 1 N–H and O–H groups in total. The van der Waals surface area contributed by atoms with Gasteiger partial charge in [-0.1, -0.05) is 70.6 Å². The van der Waals surface area contributed by atoms with Crippen LogP contribution in [-0.4, -0.2) is 11.1 Å². The molecule has 122 valence electrons. The molecule has 0 fully saturated rings. The van der Waals surface area contributed by atoms with Crippen LogP contribution in [0.1, 0.15) is 77.6 Å². The average Bonchev–Trinajstić information content (AvgIpc) is 2.53. The highest BCUT2D eigenvalue weighted by Crippen LogP contribution is 2.10. The van der Waals surface area contributed by atoms with E-state index in [0.717, 1.165) is 12.8 Å². The van der Waals surface area contributed by atoms with Gasteiger partial charge in [0.15, 0.2) is 0 Å². The van der Waals surface area contributed by atoms with E-state index in [9.17, 15) is 4.79 Å². The largest absolute Gasteiger partial charge is 0.472 e. The SMILES string of the molecule is CCCCCCCCCCCCC#CC#CC#CC#CC(=O)O. The third kappa shape index (κ3) is 19.7. The Labute approximate surface area is 141 Å². The van der Waals surface area contributed by atoms with Crippen molar-refractivity contribution in [2.75, 3.05) is 0 Å². The van der Waals surface area contributed by atoms with E-state index < -0.39 is 5.97 Å². The molecule has 0 aliphatic carbocycles. The second kappa shape index (κ2) is 17.8. The van der Waals surface area contributed by atoms with Crippen LogP contribution in [0, 0.1) is 47.4 Å². The van der Waals surface area contributed by atoms with Gasteiger partial charge in [-0.15, -0.1) is 0 Å². The number of carboxylic acids is 1. The minimum atomic E-state index is -1.19. The maximum atomic E-state index is 10.1. The van der Waals surface area contributed by atoms with Crippen molar-refractivity contribution in [3.8, 4) is 47.4 Å². The fraction of sp³-hybridized carbons (Fsp3) is 0.571. The predicted octanol–water partition coefficient (Wildman–Crippen LogP) is 4.40. The summed E-state index contributed by atoms with van der Waals surface area (Å²) in [6.07, 6.45) is 14.1. The van der Waals surface area contributed by atoms with Crippen LogP contribution in [0.25, 0.3) is 0 Å². The molecule has 0 rings (SSSR count). The maximum absolute atomic E-state index is 10.1. The summed E-state index contributed by atoms with van der Waals surface area (Å²) in [6.45, 7) is 2.25. The summed E-state index contributed by atoms with van der Waals surface area (Å²) in [4.78, 5) is 10.1. The summed E-state index contributed by atoms with van der Waals surface area (Å²) in [5, 5.41) is 8.25. The molecule has 0 saturated carbocycles. The van der Waals surface area contributed by atoms with Crippen molar-refractivity contribution in [1.29, 1.82) is 0 Å². The van der Waals surface area contributed by atoms with Crippen molar-refractivity contribution in [3.05, 3.63) is 0 Å². The lowest BCUT2D eigenvalue weighted by molar-refractivity contribution is -0.130. The summed E-state index contributed by atoms with van der Waals surface area (Å²) in [7, 11) is 0. The summed E-state index contributed by atoms with van der Waals surface area (Å²) in [5.74, 6) is 18.5. The Bertz CT molecular complexity index is 556. The molecule has 0 aromatic rings. The van der Waals surface area contributed by atoms with E-state index in [1.165, 1.54) is 57.8 Å². The molecular formula is C21H26O2. The van der Waals surface area contributed by atoms with Crippen LogP contribution in [0.4, 0.5) is 0 Å². The minimum absolute atomic E-state index is 0.872. The van der Waals surface area contributed by atoms with Crippen molar-refractivity contribution in [3.63, 3.8) is 0 Å². The molecule has 0 saturated heterocycles. The number of carboxylic acid groups (broad SMARTS) is 1. The molecule has 0 bridgehead atoms. The minimum Gasteiger partial charge on any atom is -0.472 e. The van der Waals surface area contributed by atoms with Gasteiger partial charge in [-0.2, -0.15) is 0 Å². The summed E-state index contributed by atoms with van der Waals surface area (Å²) < 4.78 is 0. The van der Waals surface area contributed by atoms with Gasteiger partial charge in [0.05, 0.1) is 0 Å². The van der Waals surface area contributed by atoms with E-state index >= 15 is 0 Å². The molecule has 0 spiro atoms. The zero-order valence-electron chi connectivity index (χ0n) is 14.1. The van der Waals surface area contributed by atoms with E-state index in [1.807, 2.05) is 5.92 Å². The lowest BCUT2D eigenvalue weighted by atomic mass is 10.1. The van der Waals surface area contributed by atoms with E-state index in [2.05, 4.69) is 48.4 Å². The summed E-state index contributed by atoms with van der Waals surface area (Å²) in [6, 6.07) is 0. The topological polar surface area (TPSA) is 37.3 Å². The lowest BCUT2D eigenvalue weighted by Gasteiger charge is -2.00. The molecule has 0 unspecified atom stereocenters. The molecule has 0 aliphatic rings. The molecule has 2 nitrogen and oxygen atoms in total. The van der Waals surface area contributed by atoms with Crippen molar-refractivity contribution < 1.29 is 9.90 Å². The smallest absolute Gasteiger partial charge is 0.382 e. The first-order valence-corrected chi connectivity index (χ1v) is 8.49. The number of hydrogen-bond donors (Lipinski definition) is 1. The molecule has 0 amide bonds. The van der Waals surface area contributed by atoms with Gasteiger partial charge in [0.2, 0.25) is 0 Å². The second-order valence-electron chi connectivity index (χ2n) is 5.29. The van der Waals surface area contributed by atoms with Crippen LogP contribution in [0.15, 0.2) is 0 Å². The Morgan fingerprint density at radius 1 is 0.696 bits per heavy atom. The molecular weight excluding hydrogens is 284 g/mol. The van der Waals surface area contributed by atoms with Gasteiger partial charge in [-0.05, 0) is 41.9 Å². The van der Waals surface area contributed by atoms with Gasteiger partial charge >= 0.3 is 5.97 Å². The van der Waals surface area contributed by atoms with Crippen molar-refractivity contribution in [2.24, 2.45) is 0 Å². The zero-order chi connectivity index (χ0) is 17.0. The highest BCUT2D eigenvalue weighted by molar-refractivity contribution is 5.87. The zero-order valence-corrected chi connectivity index (χ0v) is 14.1. The van der Waals surface area contributed by atoms with Crippen LogP contribution in [-0.2, 0) is 4.79 Å². The molecule has 0 aliphatic heterocycles. The van der Waals surface area contributed by atoms with E-state index in [1.54, 1.807) is 0 Å². The van der Waals surface area contributed by atoms with Gasteiger partial charge in [0.1, 0.15) is 0 Å². The van der Waals surface area contributed by atoms with Gasteiger partial charge in [-0.3, -0.25) is 0 Å². The Morgan fingerprint density at radius 2 is 1.17 bits per heavy atom. The quantitative estimate of drug-likeness (QED) is 0.480. The third-order valence-corrected chi connectivity index (χ3v) is 3.23. The van der Waals surface area contributed by atoms with Crippen LogP contribution < -0.4 is 0 Å². The van der Waals surface area contributed by atoms with Crippen molar-refractivity contribution in [1.82, 2.24) is 0 Å². The van der Waals surface area contributed by atoms with Gasteiger partial charge in [0, 0.05) is 12.3 Å². The van der Waals surface area contributed by atoms with E-state index in [-0.39, 0.29) is 0 Å². The standard InChI is InChI=1S/C21H26O2/c1-2-3-4-5-6-7-8-9-10-11-12-13-14-15-16-17-18-19-20-21(22)23/h2-12H2,1H3,(H,22,23). The Hall–Kier alpha value is -2.29. The average molecular weight is 310 g/mol. The maximum Gasteiger partial charge on any atom is 0.382 e. The molecule has 0 atom stereocenters. The highest BCUT2D eigenvalue weighted by Gasteiger charge is 1.91. The van der Waals surface area contributed by atoms with Gasteiger partial charge < -0.3 is 5.11 Å². The van der Waals surface area contributed by atoms with E-state index in [4.69, 9.17) is 5.11 Å². The van der Waals surface area contributed by atoms with Crippen molar-refractivity contribution in [2.45, 2.75) is 77.6 Å². The second-order valence-corrected chi connectivity index (χ2v) is 5.29. The molecule has 2 heteroatoms. The van der Waals surface area contributed by atoms with Crippen LogP contribution in [0.2, 0.25) is 0 Å². The first-order valence-electron chi connectivity index (χ1n) is 8.49. The van der Waals surface area contributed by atoms with Gasteiger partial charge in [0.25, 0.3) is 0 Å². The Balaban J connectivity index is 3.47. The normalized spacial score (nSPS) is 8.22. The first-order chi connectivity index (χ1) is 11.3. The lowest BCUT2D eigenvalue weighted by Crippen LogP contribution is -1.85. The number of hydrogen-bond acceptors (Lipinski definition) is 1. The van der Waals surface area contributed by atoms with E-state index in [0.29, 0.717) is 0 Å². The molecule has 23 heavy (non-hydrogen) atoms. The first kappa shape index (κ1) is 20.7. The van der Waals surface area contributed by atoms with Crippen LogP contribution >= 0.6 is 0 Å². The number of aliphatic carboxylic acids is 1. The fourth-order valence-corrected chi connectivity index (χ4v) is 2.02. The third-order valence-electron chi connectivity index (χ3n) is 3.23. The number of unbranched alkanes of at least 4 members (excludes halogenated alkanes) is 10. The van der Waals surface area contributed by atoms with Crippen LogP contribution in [0.3, 0.4) is 0 Å². The van der Waals surface area contributed by atoms with Gasteiger partial charge in [-0.25, -0.2) is 4.79 Å². The molecule has 0 aromatic carbocycles. The highest BCUT2D eigenvalue weighted by atomic mass is 16.4. The molecule has 0 aromatic heterocycles. The molecule has 0 heterocycles. The molecule has 0 radical (unpaired) electrons. The summed E-state index contributed by atoms with van der Waals surface area (Å²) in [5.41, 5.74) is 0. The predicted molar refractivity (Wildman–Crippen MR) is 95.2 cm³/mol. The Kier molecular flexibility index (Phi) is 16.0. The van der Waals surface area contributed by atoms with Crippen molar-refractivity contribution >= 4 is 5.97 Å². The summed E-state index contributed by atoms with van der Waals surface area (Å²) >= 11 is 0. The Morgan fingerprint density at radius 3 is 1.74 bits per heavy atom. The number of carbonyl (C=O) groups is 1. The fourth-order valence-electron chi connectivity index (χ4n) is 2.02. The number of rotatable bonds is 10. The van der Waals surface area contributed by atoms with Crippen LogP contribution in [0.5, 0.6) is 0 Å². The monoisotopic (exact) mass is 310 g/mol.